The van der Waals surface area contributed by atoms with Gasteiger partial charge < -0.3 is 15.4 Å². The second-order valence-electron chi connectivity index (χ2n) is 4.89. The Kier molecular flexibility index (Phi) is 5.99. The average molecular weight is 250 g/mol. The van der Waals surface area contributed by atoms with Crippen LogP contribution in [-0.2, 0) is 6.42 Å². The Morgan fingerprint density at radius 3 is 2.67 bits per heavy atom. The van der Waals surface area contributed by atoms with E-state index in [4.69, 9.17) is 10.5 Å². The zero-order valence-corrected chi connectivity index (χ0v) is 12.1. The molecule has 0 fully saturated rings. The van der Waals surface area contributed by atoms with Gasteiger partial charge in [-0.15, -0.1) is 0 Å². The number of anilines is 1. The largest absolute Gasteiger partial charge is 0.496 e. The van der Waals surface area contributed by atoms with Gasteiger partial charge in [0.2, 0.25) is 0 Å². The molecule has 1 rings (SSSR count). The van der Waals surface area contributed by atoms with Crippen molar-refractivity contribution in [2.45, 2.75) is 39.2 Å². The highest BCUT2D eigenvalue weighted by atomic mass is 16.5. The summed E-state index contributed by atoms with van der Waals surface area (Å²) >= 11 is 0. The molecule has 0 bridgehead atoms. The summed E-state index contributed by atoms with van der Waals surface area (Å²) in [6.07, 6.45) is 3.19. The van der Waals surface area contributed by atoms with Gasteiger partial charge in [-0.25, -0.2) is 0 Å². The summed E-state index contributed by atoms with van der Waals surface area (Å²) in [7, 11) is 3.85. The minimum absolute atomic E-state index is 0.292. The van der Waals surface area contributed by atoms with Crippen molar-refractivity contribution in [1.29, 1.82) is 0 Å². The average Bonchev–Trinajstić information content (AvgIpc) is 2.37. The molecule has 0 saturated heterocycles. The molecule has 0 aliphatic carbocycles. The molecule has 0 spiro atoms. The minimum atomic E-state index is 0.292. The van der Waals surface area contributed by atoms with E-state index in [-0.39, 0.29) is 0 Å². The highest BCUT2D eigenvalue weighted by Gasteiger charge is 2.06. The molecule has 0 radical (unpaired) electrons. The molecule has 0 saturated carbocycles. The minimum Gasteiger partial charge on any atom is -0.496 e. The van der Waals surface area contributed by atoms with Crippen LogP contribution in [0.4, 0.5) is 5.69 Å². The summed E-state index contributed by atoms with van der Waals surface area (Å²) in [4.78, 5) is 2.28. The normalized spacial score (nSPS) is 12.3. The molecule has 0 amide bonds. The molecule has 102 valence electrons. The van der Waals surface area contributed by atoms with Crippen LogP contribution in [0.1, 0.15) is 32.3 Å². The smallest absolute Gasteiger partial charge is 0.122 e. The molecule has 1 atom stereocenters. The van der Waals surface area contributed by atoms with Crippen molar-refractivity contribution >= 4 is 5.69 Å². The molecule has 0 aliphatic rings. The molecule has 1 aromatic rings. The van der Waals surface area contributed by atoms with Crippen LogP contribution < -0.4 is 15.4 Å². The van der Waals surface area contributed by atoms with Crippen LogP contribution in [0, 0.1) is 0 Å². The van der Waals surface area contributed by atoms with Crippen LogP contribution in [0.25, 0.3) is 0 Å². The fourth-order valence-electron chi connectivity index (χ4n) is 2.06. The third-order valence-corrected chi connectivity index (χ3v) is 3.24. The molecule has 1 unspecified atom stereocenters. The first-order valence-electron chi connectivity index (χ1n) is 6.72. The van der Waals surface area contributed by atoms with E-state index in [9.17, 15) is 0 Å². The SMILES string of the molecule is CCc1cc(N(C)CCCC(C)N)ccc1OC. The van der Waals surface area contributed by atoms with Crippen LogP contribution in [-0.4, -0.2) is 26.7 Å². The Bertz CT molecular complexity index is 364. The molecule has 2 N–H and O–H groups in total. The Labute approximate surface area is 111 Å². The van der Waals surface area contributed by atoms with Gasteiger partial charge in [-0.2, -0.15) is 0 Å². The number of nitrogens with zero attached hydrogens (tertiary/aromatic N) is 1. The maximum absolute atomic E-state index is 5.77. The van der Waals surface area contributed by atoms with Crippen LogP contribution in [0.5, 0.6) is 5.75 Å². The zero-order chi connectivity index (χ0) is 13.5. The van der Waals surface area contributed by atoms with Crippen molar-refractivity contribution in [3.8, 4) is 5.75 Å². The first-order valence-corrected chi connectivity index (χ1v) is 6.72. The Balaban J connectivity index is 2.65. The lowest BCUT2D eigenvalue weighted by molar-refractivity contribution is 0.410. The van der Waals surface area contributed by atoms with Gasteiger partial charge in [0.1, 0.15) is 5.75 Å². The van der Waals surface area contributed by atoms with Gasteiger partial charge >= 0.3 is 0 Å². The zero-order valence-electron chi connectivity index (χ0n) is 12.1. The van der Waals surface area contributed by atoms with Crippen molar-refractivity contribution < 1.29 is 4.74 Å². The predicted octanol–water partition coefficient (Wildman–Crippen LogP) is 2.82. The summed E-state index contributed by atoms with van der Waals surface area (Å²) in [6, 6.07) is 6.67. The summed E-state index contributed by atoms with van der Waals surface area (Å²) < 4.78 is 5.35. The topological polar surface area (TPSA) is 38.5 Å². The first kappa shape index (κ1) is 14.8. The highest BCUT2D eigenvalue weighted by molar-refractivity contribution is 5.52. The first-order chi connectivity index (χ1) is 8.58. The standard InChI is InChI=1S/C15H26N2O/c1-5-13-11-14(8-9-15(13)18-4)17(3)10-6-7-12(2)16/h8-9,11-12H,5-7,10,16H2,1-4H3. The summed E-state index contributed by atoms with van der Waals surface area (Å²) in [5, 5.41) is 0. The van der Waals surface area contributed by atoms with Crippen molar-refractivity contribution in [1.82, 2.24) is 0 Å². The summed E-state index contributed by atoms with van der Waals surface area (Å²) in [5.74, 6) is 0.977. The molecular weight excluding hydrogens is 224 g/mol. The molecule has 0 aliphatic heterocycles. The van der Waals surface area contributed by atoms with Crippen LogP contribution in [0.2, 0.25) is 0 Å². The molecule has 0 heterocycles. The van der Waals surface area contributed by atoms with E-state index in [2.05, 4.69) is 44.0 Å². The van der Waals surface area contributed by atoms with E-state index < -0.39 is 0 Å². The molecule has 1 aromatic carbocycles. The van der Waals surface area contributed by atoms with Gasteiger partial charge in [-0.05, 0) is 49.9 Å². The number of ether oxygens (including phenoxy) is 1. The van der Waals surface area contributed by atoms with Crippen molar-refractivity contribution in [3.63, 3.8) is 0 Å². The number of methoxy groups -OCH3 is 1. The van der Waals surface area contributed by atoms with E-state index in [1.54, 1.807) is 7.11 Å². The van der Waals surface area contributed by atoms with Crippen LogP contribution in [0.3, 0.4) is 0 Å². The fourth-order valence-corrected chi connectivity index (χ4v) is 2.06. The third kappa shape index (κ3) is 4.22. The van der Waals surface area contributed by atoms with E-state index >= 15 is 0 Å². The molecular formula is C15H26N2O. The maximum Gasteiger partial charge on any atom is 0.122 e. The number of nitrogens with two attached hydrogens (primary N) is 1. The van der Waals surface area contributed by atoms with Crippen molar-refractivity contribution in [2.24, 2.45) is 5.73 Å². The molecule has 3 heteroatoms. The second-order valence-corrected chi connectivity index (χ2v) is 4.89. The van der Waals surface area contributed by atoms with Gasteiger partial charge in [-0.3, -0.25) is 0 Å². The lowest BCUT2D eigenvalue weighted by atomic mass is 10.1. The second kappa shape index (κ2) is 7.27. The van der Waals surface area contributed by atoms with Gasteiger partial charge in [0.15, 0.2) is 0 Å². The Morgan fingerprint density at radius 1 is 1.39 bits per heavy atom. The highest BCUT2D eigenvalue weighted by Crippen LogP contribution is 2.25. The number of rotatable bonds is 7. The number of benzene rings is 1. The Hall–Kier alpha value is -1.22. The maximum atomic E-state index is 5.77. The Morgan fingerprint density at radius 2 is 2.11 bits per heavy atom. The van der Waals surface area contributed by atoms with Crippen molar-refractivity contribution in [3.05, 3.63) is 23.8 Å². The number of aryl methyl sites for hydroxylation is 1. The predicted molar refractivity (Wildman–Crippen MR) is 78.5 cm³/mol. The van der Waals surface area contributed by atoms with Gasteiger partial charge in [0.05, 0.1) is 7.11 Å². The lowest BCUT2D eigenvalue weighted by Crippen LogP contribution is -2.22. The molecule has 3 nitrogen and oxygen atoms in total. The molecule has 0 aromatic heterocycles. The summed E-state index contributed by atoms with van der Waals surface area (Å²) in [5.41, 5.74) is 8.27. The van der Waals surface area contributed by atoms with Gasteiger partial charge in [0.25, 0.3) is 0 Å². The molecule has 18 heavy (non-hydrogen) atoms. The summed E-state index contributed by atoms with van der Waals surface area (Å²) in [6.45, 7) is 5.25. The van der Waals surface area contributed by atoms with E-state index in [0.717, 1.165) is 31.6 Å². The number of hydrogen-bond acceptors (Lipinski definition) is 3. The third-order valence-electron chi connectivity index (χ3n) is 3.24. The quantitative estimate of drug-likeness (QED) is 0.808. The van der Waals surface area contributed by atoms with E-state index in [0.29, 0.717) is 6.04 Å². The van der Waals surface area contributed by atoms with E-state index in [1.165, 1.54) is 11.3 Å². The van der Waals surface area contributed by atoms with Crippen LogP contribution in [0.15, 0.2) is 18.2 Å². The van der Waals surface area contributed by atoms with Crippen LogP contribution >= 0.6 is 0 Å². The number of hydrogen-bond donors (Lipinski definition) is 1. The lowest BCUT2D eigenvalue weighted by Gasteiger charge is -2.21. The monoisotopic (exact) mass is 250 g/mol. The van der Waals surface area contributed by atoms with E-state index in [1.807, 2.05) is 0 Å². The van der Waals surface area contributed by atoms with Crippen molar-refractivity contribution in [2.75, 3.05) is 25.6 Å². The fraction of sp³-hybridized carbons (Fsp3) is 0.600. The van der Waals surface area contributed by atoms with Gasteiger partial charge in [-0.1, -0.05) is 6.92 Å². The van der Waals surface area contributed by atoms with Gasteiger partial charge in [0, 0.05) is 25.3 Å².